The van der Waals surface area contributed by atoms with Crippen LogP contribution in [0.4, 0.5) is 0 Å². The lowest BCUT2D eigenvalue weighted by molar-refractivity contribution is 0.321. The van der Waals surface area contributed by atoms with Crippen molar-refractivity contribution in [1.82, 2.24) is 10.6 Å². The van der Waals surface area contributed by atoms with Gasteiger partial charge in [-0.05, 0) is 45.0 Å². The van der Waals surface area contributed by atoms with Crippen LogP contribution in [0.3, 0.4) is 0 Å². The molecule has 0 unspecified atom stereocenters. The highest BCUT2D eigenvalue weighted by atomic mass is 79.9. The first kappa shape index (κ1) is 15.8. The molecule has 0 spiro atoms. The molecule has 0 aromatic heterocycles. The number of nitrogens with zero attached hydrogens (tertiary/aromatic N) is 1. The van der Waals surface area contributed by atoms with Crippen molar-refractivity contribution in [3.63, 3.8) is 0 Å². The summed E-state index contributed by atoms with van der Waals surface area (Å²) in [5.74, 6) is 1.65. The predicted octanol–water partition coefficient (Wildman–Crippen LogP) is 2.79. The van der Waals surface area contributed by atoms with E-state index in [1.807, 2.05) is 24.3 Å². The summed E-state index contributed by atoms with van der Waals surface area (Å²) in [6, 6.07) is 7.80. The quantitative estimate of drug-likeness (QED) is 0.508. The molecule has 0 heterocycles. The van der Waals surface area contributed by atoms with Crippen LogP contribution < -0.4 is 15.4 Å². The molecule has 0 bridgehead atoms. The van der Waals surface area contributed by atoms with Gasteiger partial charge in [0.1, 0.15) is 12.4 Å². The second kappa shape index (κ2) is 7.38. The Morgan fingerprint density at radius 3 is 2.42 bits per heavy atom. The zero-order valence-corrected chi connectivity index (χ0v) is 13.5. The minimum Gasteiger partial charge on any atom is -0.492 e. The van der Waals surface area contributed by atoms with Gasteiger partial charge in [0.05, 0.1) is 6.54 Å². The number of hydrogen-bond acceptors (Lipinski definition) is 2. The van der Waals surface area contributed by atoms with E-state index in [-0.39, 0.29) is 5.54 Å². The molecule has 0 aliphatic rings. The van der Waals surface area contributed by atoms with E-state index in [0.717, 1.165) is 16.2 Å². The van der Waals surface area contributed by atoms with E-state index >= 15 is 0 Å². The molecule has 2 N–H and O–H groups in total. The van der Waals surface area contributed by atoms with Crippen LogP contribution in [0.1, 0.15) is 20.8 Å². The lowest BCUT2D eigenvalue weighted by Crippen LogP contribution is -2.48. The standard InChI is InChI=1S/C14H22BrN3O/c1-14(2,3)18-13(16-4)17-9-10-19-12-7-5-11(15)6-8-12/h5-8H,9-10H2,1-4H3,(H2,16,17,18). The topological polar surface area (TPSA) is 45.7 Å². The van der Waals surface area contributed by atoms with Crippen molar-refractivity contribution < 1.29 is 4.74 Å². The summed E-state index contributed by atoms with van der Waals surface area (Å²) in [5.41, 5.74) is -0.00555. The normalized spacial score (nSPS) is 12.2. The molecular formula is C14H22BrN3O. The summed E-state index contributed by atoms with van der Waals surface area (Å²) in [6.07, 6.45) is 0. The molecule has 0 aliphatic carbocycles. The van der Waals surface area contributed by atoms with E-state index in [4.69, 9.17) is 4.74 Å². The van der Waals surface area contributed by atoms with Gasteiger partial charge in [0.15, 0.2) is 5.96 Å². The highest BCUT2D eigenvalue weighted by Gasteiger charge is 2.11. The van der Waals surface area contributed by atoms with Crippen LogP contribution in [-0.4, -0.2) is 31.7 Å². The fourth-order valence-electron chi connectivity index (χ4n) is 1.40. The van der Waals surface area contributed by atoms with Crippen LogP contribution in [-0.2, 0) is 0 Å². The maximum Gasteiger partial charge on any atom is 0.191 e. The van der Waals surface area contributed by atoms with E-state index in [0.29, 0.717) is 13.2 Å². The summed E-state index contributed by atoms with van der Waals surface area (Å²) in [7, 11) is 1.76. The number of benzene rings is 1. The smallest absolute Gasteiger partial charge is 0.191 e. The summed E-state index contributed by atoms with van der Waals surface area (Å²) in [5, 5.41) is 6.50. The summed E-state index contributed by atoms with van der Waals surface area (Å²) < 4.78 is 6.67. The summed E-state index contributed by atoms with van der Waals surface area (Å²) >= 11 is 3.39. The zero-order chi connectivity index (χ0) is 14.3. The Morgan fingerprint density at radius 1 is 1.26 bits per heavy atom. The molecule has 4 nitrogen and oxygen atoms in total. The molecule has 0 saturated carbocycles. The van der Waals surface area contributed by atoms with Crippen LogP contribution in [0.2, 0.25) is 0 Å². The van der Waals surface area contributed by atoms with Crippen LogP contribution in [0, 0.1) is 0 Å². The number of guanidine groups is 1. The monoisotopic (exact) mass is 327 g/mol. The fourth-order valence-corrected chi connectivity index (χ4v) is 1.67. The van der Waals surface area contributed by atoms with Crippen molar-refractivity contribution in [3.8, 4) is 5.75 Å². The van der Waals surface area contributed by atoms with Crippen molar-refractivity contribution in [2.75, 3.05) is 20.2 Å². The molecule has 0 atom stereocenters. The van der Waals surface area contributed by atoms with Crippen molar-refractivity contribution in [2.24, 2.45) is 4.99 Å². The van der Waals surface area contributed by atoms with Crippen LogP contribution in [0.25, 0.3) is 0 Å². The van der Waals surface area contributed by atoms with Gasteiger partial charge in [-0.3, -0.25) is 4.99 Å². The van der Waals surface area contributed by atoms with E-state index in [1.165, 1.54) is 0 Å². The Morgan fingerprint density at radius 2 is 1.89 bits per heavy atom. The molecule has 0 aliphatic heterocycles. The Balaban J connectivity index is 2.28. The second-order valence-corrected chi connectivity index (χ2v) is 6.09. The largest absolute Gasteiger partial charge is 0.492 e. The molecule has 0 amide bonds. The van der Waals surface area contributed by atoms with Gasteiger partial charge in [-0.15, -0.1) is 0 Å². The van der Waals surface area contributed by atoms with Gasteiger partial charge in [0.25, 0.3) is 0 Å². The lowest BCUT2D eigenvalue weighted by atomic mass is 10.1. The third-order valence-corrected chi connectivity index (χ3v) is 2.72. The number of aliphatic imine (C=N–C) groups is 1. The average molecular weight is 328 g/mol. The van der Waals surface area contributed by atoms with Gasteiger partial charge in [-0.25, -0.2) is 0 Å². The molecule has 0 radical (unpaired) electrons. The molecule has 19 heavy (non-hydrogen) atoms. The summed E-state index contributed by atoms with van der Waals surface area (Å²) in [4.78, 5) is 4.16. The fraction of sp³-hybridized carbons (Fsp3) is 0.500. The van der Waals surface area contributed by atoms with Crippen LogP contribution in [0.15, 0.2) is 33.7 Å². The molecular weight excluding hydrogens is 306 g/mol. The Bertz CT molecular complexity index is 410. The molecule has 106 valence electrons. The van der Waals surface area contributed by atoms with Crippen molar-refractivity contribution in [2.45, 2.75) is 26.3 Å². The van der Waals surface area contributed by atoms with E-state index < -0.39 is 0 Å². The number of rotatable bonds is 4. The molecule has 1 aromatic rings. The predicted molar refractivity (Wildman–Crippen MR) is 83.9 cm³/mol. The SMILES string of the molecule is CN=C(NCCOc1ccc(Br)cc1)NC(C)(C)C. The van der Waals surface area contributed by atoms with Gasteiger partial charge in [-0.2, -0.15) is 0 Å². The van der Waals surface area contributed by atoms with Gasteiger partial charge >= 0.3 is 0 Å². The number of ether oxygens (including phenoxy) is 1. The van der Waals surface area contributed by atoms with Crippen molar-refractivity contribution in [1.29, 1.82) is 0 Å². The Kier molecular flexibility index (Phi) is 6.15. The van der Waals surface area contributed by atoms with Crippen LogP contribution in [0.5, 0.6) is 5.75 Å². The van der Waals surface area contributed by atoms with E-state index in [2.05, 4.69) is 52.3 Å². The minimum atomic E-state index is -0.00555. The van der Waals surface area contributed by atoms with Gasteiger partial charge in [0.2, 0.25) is 0 Å². The van der Waals surface area contributed by atoms with Crippen LogP contribution >= 0.6 is 15.9 Å². The van der Waals surface area contributed by atoms with Gasteiger partial charge in [-0.1, -0.05) is 15.9 Å². The summed E-state index contributed by atoms with van der Waals surface area (Å²) in [6.45, 7) is 7.58. The molecule has 1 rings (SSSR count). The van der Waals surface area contributed by atoms with Gasteiger partial charge in [0, 0.05) is 17.1 Å². The first-order valence-corrected chi connectivity index (χ1v) is 7.07. The average Bonchev–Trinajstić information content (AvgIpc) is 2.34. The van der Waals surface area contributed by atoms with E-state index in [9.17, 15) is 0 Å². The third-order valence-electron chi connectivity index (χ3n) is 2.19. The number of halogens is 1. The third kappa shape index (κ3) is 7.06. The number of nitrogens with one attached hydrogen (secondary N) is 2. The lowest BCUT2D eigenvalue weighted by Gasteiger charge is -2.23. The first-order chi connectivity index (χ1) is 8.90. The van der Waals surface area contributed by atoms with Crippen molar-refractivity contribution in [3.05, 3.63) is 28.7 Å². The second-order valence-electron chi connectivity index (χ2n) is 5.18. The highest BCUT2D eigenvalue weighted by Crippen LogP contribution is 2.15. The maximum absolute atomic E-state index is 5.62. The molecule has 5 heteroatoms. The van der Waals surface area contributed by atoms with Crippen molar-refractivity contribution >= 4 is 21.9 Å². The molecule has 1 aromatic carbocycles. The molecule has 0 saturated heterocycles. The van der Waals surface area contributed by atoms with E-state index in [1.54, 1.807) is 7.05 Å². The highest BCUT2D eigenvalue weighted by molar-refractivity contribution is 9.10. The molecule has 0 fully saturated rings. The van der Waals surface area contributed by atoms with Gasteiger partial charge < -0.3 is 15.4 Å². The number of hydrogen-bond donors (Lipinski definition) is 2. The first-order valence-electron chi connectivity index (χ1n) is 6.28. The minimum absolute atomic E-state index is 0.00555. The Labute approximate surface area is 123 Å². The zero-order valence-electron chi connectivity index (χ0n) is 12.0. The maximum atomic E-state index is 5.62. The Hall–Kier alpha value is -1.23.